The number of ketones is 2. The molecular weight excluding hydrogens is 905 g/mol. The third-order valence-electron chi connectivity index (χ3n) is 9.58. The lowest BCUT2D eigenvalue weighted by molar-refractivity contribution is 0.102. The minimum atomic E-state index is -0.0978. The number of nitrogens with two attached hydrogens (primary N) is 1. The van der Waals surface area contributed by atoms with Crippen molar-refractivity contribution in [2.45, 2.75) is 32.1 Å². The quantitative estimate of drug-likeness (QED) is 0.0432. The minimum absolute atomic E-state index is 0. The van der Waals surface area contributed by atoms with Crippen LogP contribution in [0.1, 0.15) is 47.9 Å². The third-order valence-corrected chi connectivity index (χ3v) is 12.6. The zero-order chi connectivity index (χ0) is 41.4. The van der Waals surface area contributed by atoms with E-state index < -0.39 is 0 Å². The monoisotopic (exact) mass is 964 g/mol. The maximum Gasteiger partial charge on any atom is 0.206 e. The van der Waals surface area contributed by atoms with E-state index in [1.54, 1.807) is 23.5 Å². The van der Waals surface area contributed by atoms with Crippen LogP contribution in [-0.2, 0) is 0 Å². The van der Waals surface area contributed by atoms with Crippen LogP contribution in [0.5, 0.6) is 0 Å². The van der Waals surface area contributed by atoms with Crippen LogP contribution >= 0.6 is 63.0 Å². The van der Waals surface area contributed by atoms with Gasteiger partial charge in [-0.05, 0) is 112 Å². The van der Waals surface area contributed by atoms with Crippen LogP contribution in [0.15, 0.2) is 112 Å². The van der Waals surface area contributed by atoms with Crippen LogP contribution < -0.4 is 20.9 Å². The molecule has 0 saturated carbocycles. The fraction of sp³-hybridized carbons (Fsp3) is 0.348. The van der Waals surface area contributed by atoms with E-state index in [0.29, 0.717) is 20.9 Å². The van der Waals surface area contributed by atoms with Gasteiger partial charge in [-0.15, -0.1) is 23.5 Å². The van der Waals surface area contributed by atoms with E-state index >= 15 is 0 Å². The Kier molecular flexibility index (Phi) is 23.6. The van der Waals surface area contributed by atoms with Gasteiger partial charge in [0.2, 0.25) is 5.78 Å². The normalized spacial score (nSPS) is 13.6. The highest BCUT2D eigenvalue weighted by molar-refractivity contribution is 9.09. The minimum Gasteiger partial charge on any atom is -0.382 e. The molecule has 2 aliphatic heterocycles. The highest BCUT2D eigenvalue weighted by atomic mass is 79.9. The number of Topliss-reactive ketones (excluding diaryl/α,β-unsaturated/α-hetero) is 1. The van der Waals surface area contributed by atoms with E-state index in [1.165, 1.54) is 22.7 Å². The first-order chi connectivity index (χ1) is 28.1. The highest BCUT2D eigenvalue weighted by Crippen LogP contribution is 2.31. The van der Waals surface area contributed by atoms with Crippen molar-refractivity contribution >= 4 is 113 Å². The number of likely N-dealkylation sites (N-methyl/N-ethyl adjacent to an activating group) is 2. The largest absolute Gasteiger partial charge is 0.382 e. The number of hydrogen-bond acceptors (Lipinski definition) is 14. The van der Waals surface area contributed by atoms with Crippen molar-refractivity contribution in [3.8, 4) is 0 Å². The van der Waals surface area contributed by atoms with Gasteiger partial charge in [-0.3, -0.25) is 9.59 Å². The Hall–Kier alpha value is -4.05. The van der Waals surface area contributed by atoms with Gasteiger partial charge in [0.25, 0.3) is 0 Å². The van der Waals surface area contributed by atoms with E-state index in [4.69, 9.17) is 5.73 Å². The zero-order valence-corrected chi connectivity index (χ0v) is 38.0. The number of thiazole rings is 1. The topological polar surface area (TPSA) is 110 Å². The van der Waals surface area contributed by atoms with Crippen LogP contribution in [0.2, 0.25) is 0 Å². The molecule has 0 bridgehead atoms. The molecule has 0 atom stereocenters. The molecule has 4 aromatic carbocycles. The second kappa shape index (κ2) is 27.1. The smallest absolute Gasteiger partial charge is 0.206 e. The summed E-state index contributed by atoms with van der Waals surface area (Å²) in [5.41, 5.74) is 11.7. The molecule has 1 aromatic heterocycles. The number of halogens is 1. The summed E-state index contributed by atoms with van der Waals surface area (Å²) in [5, 5.41) is 6.66. The maximum atomic E-state index is 12.9. The number of carbonyl (C=O) groups excluding carboxylic acids is 2. The average Bonchev–Trinajstić information content (AvgIpc) is 3.63. The number of thiocarbonyl (C=S) groups is 1. The van der Waals surface area contributed by atoms with E-state index in [-0.39, 0.29) is 39.7 Å². The van der Waals surface area contributed by atoms with Gasteiger partial charge in [0, 0.05) is 90.3 Å². The molecule has 2 aliphatic rings. The number of isothiocyanates is 1. The van der Waals surface area contributed by atoms with Crippen molar-refractivity contribution in [2.24, 2.45) is 4.99 Å². The Morgan fingerprint density at radius 3 is 1.72 bits per heavy atom. The van der Waals surface area contributed by atoms with Gasteiger partial charge in [-0.2, -0.15) is 4.99 Å². The van der Waals surface area contributed by atoms with Crippen molar-refractivity contribution < 1.29 is 9.59 Å². The molecule has 10 nitrogen and oxygen atoms in total. The second-order valence-electron chi connectivity index (χ2n) is 13.6. The summed E-state index contributed by atoms with van der Waals surface area (Å²) >= 11 is 12.2. The summed E-state index contributed by atoms with van der Waals surface area (Å²) in [4.78, 5) is 44.5. The number of hydrogen-bond donors (Lipinski definition) is 2. The summed E-state index contributed by atoms with van der Waals surface area (Å²) in [6.07, 6.45) is 3.99. The number of alkyl halides is 1. The van der Waals surface area contributed by atoms with Gasteiger partial charge in [-0.1, -0.05) is 73.8 Å². The SMILES string of the molecule is C.C.C.CN1CCN(c2ccc(N=C=S)cc2)CC1.CSc1cccc(C(=O)CBr)c1.CSc1cccc(C(=O)c2sc(Nc3ccc(N4CCN(C)CC4)cc3)nc2N)c1. The van der Waals surface area contributed by atoms with E-state index in [9.17, 15) is 9.59 Å². The third kappa shape index (κ3) is 16.0. The Balaban J connectivity index is 0.000000349. The first kappa shape index (κ1) is 53.1. The predicted octanol–water partition coefficient (Wildman–Crippen LogP) is 11.2. The fourth-order valence-electron chi connectivity index (χ4n) is 6.12. The molecule has 2 saturated heterocycles. The molecule has 0 aliphatic carbocycles. The number of piperazine rings is 2. The molecular formula is C46H61BrN8O2S4. The number of aromatic nitrogens is 1. The van der Waals surface area contributed by atoms with Crippen molar-refractivity contribution in [1.82, 2.24) is 14.8 Å². The molecule has 3 N–H and O–H groups in total. The standard InChI is InChI=1S/C22H25N5OS2.C12H15N3S.C9H9BrOS.3CH4/c1-26-10-12-27(13-11-26)17-8-6-16(7-9-17)24-22-25-21(23)20(30-22)19(28)15-4-3-5-18(14-15)29-2;1-14-6-8-15(9-7-14)12-4-2-11(3-5-12)13-10-16;1-12-8-4-2-3-7(5-8)9(11)6-10;;;/h3-9,14H,10-13,23H2,1-2H3,(H,24,25);2-5H,6-9H2,1H3;2-5H,6H2,1H3;3*1H4. The van der Waals surface area contributed by atoms with Crippen molar-refractivity contribution in [3.63, 3.8) is 0 Å². The molecule has 0 radical (unpaired) electrons. The number of nitrogens with zero attached hydrogens (tertiary/aromatic N) is 6. The summed E-state index contributed by atoms with van der Waals surface area (Å²) < 4.78 is 0. The molecule has 0 spiro atoms. The Labute approximate surface area is 390 Å². The van der Waals surface area contributed by atoms with Crippen molar-refractivity contribution in [2.75, 3.05) is 105 Å². The summed E-state index contributed by atoms with van der Waals surface area (Å²) in [5.74, 6) is 0.293. The number of anilines is 5. The van der Waals surface area contributed by atoms with Gasteiger partial charge < -0.3 is 30.7 Å². The Morgan fingerprint density at radius 1 is 0.770 bits per heavy atom. The highest BCUT2D eigenvalue weighted by Gasteiger charge is 2.19. The molecule has 328 valence electrons. The lowest BCUT2D eigenvalue weighted by atomic mass is 10.1. The summed E-state index contributed by atoms with van der Waals surface area (Å²) in [6.45, 7) is 8.66. The lowest BCUT2D eigenvalue weighted by Gasteiger charge is -2.34. The van der Waals surface area contributed by atoms with Gasteiger partial charge in [0.05, 0.1) is 16.2 Å². The van der Waals surface area contributed by atoms with E-state index in [1.807, 2.05) is 85.3 Å². The van der Waals surface area contributed by atoms with Crippen LogP contribution in [-0.4, -0.2) is 116 Å². The first-order valence-corrected chi connectivity index (χ1v) is 23.5. The molecule has 15 heteroatoms. The molecule has 5 aromatic rings. The van der Waals surface area contributed by atoms with Crippen molar-refractivity contribution in [1.29, 1.82) is 0 Å². The molecule has 2 fully saturated rings. The second-order valence-corrected chi connectivity index (χ2v) is 17.1. The first-order valence-electron chi connectivity index (χ1n) is 18.7. The van der Waals surface area contributed by atoms with Gasteiger partial charge in [0.1, 0.15) is 10.7 Å². The van der Waals surface area contributed by atoms with E-state index in [2.05, 4.69) is 107 Å². The van der Waals surface area contributed by atoms with Crippen molar-refractivity contribution in [3.05, 3.63) is 113 Å². The number of rotatable bonds is 11. The maximum absolute atomic E-state index is 12.9. The number of nitrogen functional groups attached to an aromatic ring is 1. The number of thioether (sulfide) groups is 2. The number of nitrogens with one attached hydrogen (secondary N) is 1. The fourth-order valence-corrected chi connectivity index (χ4v) is 8.33. The van der Waals surface area contributed by atoms with Crippen LogP contribution in [0.3, 0.4) is 0 Å². The number of carbonyl (C=O) groups is 2. The summed E-state index contributed by atoms with van der Waals surface area (Å²) in [6, 6.07) is 31.7. The molecule has 0 unspecified atom stereocenters. The number of benzene rings is 4. The Morgan fingerprint density at radius 2 is 1.25 bits per heavy atom. The molecule has 61 heavy (non-hydrogen) atoms. The Bertz CT molecular complexity index is 2150. The van der Waals surface area contributed by atoms with Gasteiger partial charge >= 0.3 is 0 Å². The zero-order valence-electron chi connectivity index (χ0n) is 33.2. The van der Waals surface area contributed by atoms with E-state index in [0.717, 1.165) is 79.1 Å². The number of aliphatic imine (C=N–C) groups is 1. The summed E-state index contributed by atoms with van der Waals surface area (Å²) in [7, 11) is 4.32. The molecule has 3 heterocycles. The van der Waals surface area contributed by atoms with Crippen LogP contribution in [0, 0.1) is 0 Å². The molecule has 7 rings (SSSR count). The predicted molar refractivity (Wildman–Crippen MR) is 275 cm³/mol. The average molecular weight is 966 g/mol. The van der Waals surface area contributed by atoms with Gasteiger partial charge in [0.15, 0.2) is 10.9 Å². The lowest BCUT2D eigenvalue weighted by Crippen LogP contribution is -2.44. The van der Waals surface area contributed by atoms with Crippen LogP contribution in [0.25, 0.3) is 0 Å². The van der Waals surface area contributed by atoms with Crippen LogP contribution in [0.4, 0.5) is 33.7 Å². The molecule has 0 amide bonds. The van der Waals surface area contributed by atoms with Gasteiger partial charge in [-0.25, -0.2) is 4.98 Å².